The number of hydrogen-bond acceptors (Lipinski definition) is 9. The molecule has 0 unspecified atom stereocenters. The molecule has 45 heavy (non-hydrogen) atoms. The maximum absolute atomic E-state index is 13.0. The lowest BCUT2D eigenvalue weighted by Gasteiger charge is -2.30. The Balaban J connectivity index is 1.28. The zero-order valence-electron chi connectivity index (χ0n) is 26.1. The van der Waals surface area contributed by atoms with Crippen LogP contribution in [0.15, 0.2) is 59.6 Å². The van der Waals surface area contributed by atoms with Gasteiger partial charge in [0.05, 0.1) is 34.0 Å². The number of aryl methyl sites for hydroxylation is 1. The van der Waals surface area contributed by atoms with Gasteiger partial charge in [-0.2, -0.15) is 0 Å². The zero-order valence-corrected chi connectivity index (χ0v) is 27.6. The summed E-state index contributed by atoms with van der Waals surface area (Å²) in [6.07, 6.45) is 4.87. The van der Waals surface area contributed by atoms with Crippen molar-refractivity contribution in [3.63, 3.8) is 0 Å². The van der Waals surface area contributed by atoms with E-state index in [1.54, 1.807) is 24.3 Å². The molecule has 2 aromatic carbocycles. The molecule has 238 valence electrons. The Hall–Kier alpha value is -3.96. The van der Waals surface area contributed by atoms with Crippen molar-refractivity contribution in [1.82, 2.24) is 20.3 Å². The first-order chi connectivity index (χ1) is 21.3. The normalized spacial score (nSPS) is 17.1. The molecule has 2 N–H and O–H groups in total. The molecule has 0 atom stereocenters. The van der Waals surface area contributed by atoms with E-state index in [0.29, 0.717) is 17.5 Å². The number of alkyl carbamates (subject to hydrolysis) is 1. The maximum Gasteiger partial charge on any atom is 0.407 e. The third kappa shape index (κ3) is 7.83. The molecule has 0 saturated heterocycles. The van der Waals surface area contributed by atoms with Gasteiger partial charge in [0.2, 0.25) is 11.8 Å². The van der Waals surface area contributed by atoms with Crippen LogP contribution in [0.3, 0.4) is 0 Å². The Morgan fingerprint density at radius 2 is 1.67 bits per heavy atom. The summed E-state index contributed by atoms with van der Waals surface area (Å²) in [5, 5.41) is 7.49. The number of aromatic nitrogens is 3. The molecule has 0 spiro atoms. The third-order valence-electron chi connectivity index (χ3n) is 7.73. The lowest BCUT2D eigenvalue weighted by Crippen LogP contribution is -2.42. The van der Waals surface area contributed by atoms with Gasteiger partial charge in [-0.05, 0) is 94.8 Å². The number of pyridine rings is 1. The minimum Gasteiger partial charge on any atom is -0.481 e. The van der Waals surface area contributed by atoms with E-state index < -0.39 is 15.4 Å². The fourth-order valence-corrected chi connectivity index (χ4v) is 7.38. The second kappa shape index (κ2) is 13.2. The van der Waals surface area contributed by atoms with Crippen molar-refractivity contribution in [3.8, 4) is 17.0 Å². The summed E-state index contributed by atoms with van der Waals surface area (Å²) in [7, 11) is -2.20. The Kier molecular flexibility index (Phi) is 9.50. The van der Waals surface area contributed by atoms with Crippen molar-refractivity contribution in [2.45, 2.75) is 81.7 Å². The SMILES string of the molecule is COc1nc(CS(=O)(=O)c2ccccc2Cl)ccc1-c1ccc2nc(NC3CCC(NC(=O)OC(C)(C)C)CC3)ncc2c1C. The summed E-state index contributed by atoms with van der Waals surface area (Å²) in [5.41, 5.74) is 3.18. The number of sulfone groups is 1. The molecule has 1 fully saturated rings. The highest BCUT2D eigenvalue weighted by atomic mass is 35.5. The van der Waals surface area contributed by atoms with Gasteiger partial charge < -0.3 is 20.1 Å². The summed E-state index contributed by atoms with van der Waals surface area (Å²) in [6, 6.07) is 14.1. The van der Waals surface area contributed by atoms with Crippen molar-refractivity contribution >= 4 is 44.4 Å². The van der Waals surface area contributed by atoms with Crippen molar-refractivity contribution in [1.29, 1.82) is 0 Å². The average Bonchev–Trinajstić information content (AvgIpc) is 2.97. The van der Waals surface area contributed by atoms with Crippen LogP contribution in [-0.2, 0) is 20.3 Å². The van der Waals surface area contributed by atoms with Gasteiger partial charge in [0.15, 0.2) is 9.84 Å². The average molecular weight is 652 g/mol. The number of carbonyl (C=O) groups excluding carboxylic acids is 1. The number of amides is 1. The summed E-state index contributed by atoms with van der Waals surface area (Å²) >= 11 is 6.14. The van der Waals surface area contributed by atoms with Crippen LogP contribution >= 0.6 is 11.6 Å². The Morgan fingerprint density at radius 3 is 2.36 bits per heavy atom. The molecule has 5 rings (SSSR count). The number of nitrogens with zero attached hydrogens (tertiary/aromatic N) is 3. The van der Waals surface area contributed by atoms with Crippen LogP contribution in [0.1, 0.15) is 57.7 Å². The number of methoxy groups -OCH3 is 1. The van der Waals surface area contributed by atoms with Crippen LogP contribution < -0.4 is 15.4 Å². The Morgan fingerprint density at radius 1 is 0.978 bits per heavy atom. The van der Waals surface area contributed by atoms with E-state index in [-0.39, 0.29) is 33.8 Å². The fourth-order valence-electron chi connectivity index (χ4n) is 5.53. The highest BCUT2D eigenvalue weighted by molar-refractivity contribution is 7.90. The molecule has 1 aliphatic rings. The van der Waals surface area contributed by atoms with E-state index >= 15 is 0 Å². The first kappa shape index (κ1) is 32.4. The predicted molar refractivity (Wildman–Crippen MR) is 175 cm³/mol. The minimum atomic E-state index is -3.71. The van der Waals surface area contributed by atoms with Crippen molar-refractivity contribution < 1.29 is 22.7 Å². The number of carbonyl (C=O) groups is 1. The fraction of sp³-hybridized carbons (Fsp3) is 0.394. The summed E-state index contributed by atoms with van der Waals surface area (Å²) < 4.78 is 37.0. The van der Waals surface area contributed by atoms with Crippen LogP contribution in [0.5, 0.6) is 5.88 Å². The molecule has 1 saturated carbocycles. The monoisotopic (exact) mass is 651 g/mol. The molecule has 1 amide bonds. The van der Waals surface area contributed by atoms with Gasteiger partial charge in [-0.15, -0.1) is 0 Å². The second-order valence-electron chi connectivity index (χ2n) is 12.3. The molecule has 2 aromatic heterocycles. The molecule has 2 heterocycles. The largest absolute Gasteiger partial charge is 0.481 e. The van der Waals surface area contributed by atoms with E-state index in [1.165, 1.54) is 13.2 Å². The quantitative estimate of drug-likeness (QED) is 0.209. The van der Waals surface area contributed by atoms with Crippen molar-refractivity contribution in [2.24, 2.45) is 0 Å². The number of halogens is 1. The van der Waals surface area contributed by atoms with Crippen LogP contribution in [0.2, 0.25) is 5.02 Å². The summed E-state index contributed by atoms with van der Waals surface area (Å²) in [5.74, 6) is 0.567. The van der Waals surface area contributed by atoms with Crippen LogP contribution in [0.25, 0.3) is 22.0 Å². The Bertz CT molecular complexity index is 1820. The first-order valence-corrected chi connectivity index (χ1v) is 16.9. The van der Waals surface area contributed by atoms with E-state index in [9.17, 15) is 13.2 Å². The number of hydrogen-bond donors (Lipinski definition) is 2. The highest BCUT2D eigenvalue weighted by Gasteiger charge is 2.26. The van der Waals surface area contributed by atoms with Crippen LogP contribution in [-0.4, -0.2) is 54.3 Å². The Labute approximate surface area is 268 Å². The number of nitrogens with one attached hydrogen (secondary N) is 2. The minimum absolute atomic E-state index is 0.0682. The van der Waals surface area contributed by atoms with Gasteiger partial charge >= 0.3 is 6.09 Å². The van der Waals surface area contributed by atoms with Gasteiger partial charge in [0.1, 0.15) is 5.60 Å². The van der Waals surface area contributed by atoms with Crippen molar-refractivity contribution in [2.75, 3.05) is 12.4 Å². The molecule has 0 bridgehead atoms. The summed E-state index contributed by atoms with van der Waals surface area (Å²) in [6.45, 7) is 7.55. The van der Waals surface area contributed by atoms with E-state index in [4.69, 9.17) is 26.1 Å². The maximum atomic E-state index is 13.0. The third-order valence-corrected chi connectivity index (χ3v) is 9.87. The molecule has 0 aliphatic heterocycles. The molecular formula is C33H38ClN5O5S. The van der Waals surface area contributed by atoms with Gasteiger partial charge in [0, 0.05) is 29.2 Å². The van der Waals surface area contributed by atoms with E-state index in [0.717, 1.165) is 53.3 Å². The summed E-state index contributed by atoms with van der Waals surface area (Å²) in [4.78, 5) is 26.1. The molecule has 0 radical (unpaired) electrons. The number of rotatable bonds is 8. The molecule has 10 nitrogen and oxygen atoms in total. The first-order valence-electron chi connectivity index (χ1n) is 14.9. The van der Waals surface area contributed by atoms with Gasteiger partial charge in [-0.25, -0.2) is 28.2 Å². The number of anilines is 1. The topological polar surface area (TPSA) is 132 Å². The van der Waals surface area contributed by atoms with Crippen LogP contribution in [0, 0.1) is 6.92 Å². The lowest BCUT2D eigenvalue weighted by atomic mass is 9.91. The van der Waals surface area contributed by atoms with Crippen molar-refractivity contribution in [3.05, 3.63) is 71.0 Å². The van der Waals surface area contributed by atoms with Gasteiger partial charge in [-0.3, -0.25) is 0 Å². The highest BCUT2D eigenvalue weighted by Crippen LogP contribution is 2.35. The molecule has 4 aromatic rings. The zero-order chi connectivity index (χ0) is 32.4. The van der Waals surface area contributed by atoms with Gasteiger partial charge in [-0.1, -0.05) is 29.8 Å². The molecular weight excluding hydrogens is 614 g/mol. The smallest absolute Gasteiger partial charge is 0.407 e. The second-order valence-corrected chi connectivity index (χ2v) is 14.6. The number of benzene rings is 2. The number of fused-ring (bicyclic) bond motifs is 1. The lowest BCUT2D eigenvalue weighted by molar-refractivity contribution is 0.0492. The van der Waals surface area contributed by atoms with Gasteiger partial charge in [0.25, 0.3) is 0 Å². The molecule has 12 heteroatoms. The predicted octanol–water partition coefficient (Wildman–Crippen LogP) is 6.88. The number of ether oxygens (including phenoxy) is 2. The van der Waals surface area contributed by atoms with E-state index in [1.807, 2.05) is 52.1 Å². The standard InChI is InChI=1S/C33H38ClN5O5S/c1-20-24(25-15-14-23(36-30(25)43-5)19-45(41,42)29-9-7-6-8-27(29)34)16-17-28-26(20)18-35-31(39-28)37-21-10-12-22(13-11-21)38-32(40)44-33(2,3)4/h6-9,14-18,21-22H,10-13,19H2,1-5H3,(H,38,40)(H,35,37,39). The molecule has 1 aliphatic carbocycles. The van der Waals surface area contributed by atoms with Crippen LogP contribution in [0.4, 0.5) is 10.7 Å². The van der Waals surface area contributed by atoms with E-state index in [2.05, 4.69) is 20.6 Å².